The highest BCUT2D eigenvalue weighted by Crippen LogP contribution is 2.29. The number of methoxy groups -OCH3 is 1. The number of fused-ring (bicyclic) bond motifs is 1. The van der Waals surface area contributed by atoms with Gasteiger partial charge in [0.15, 0.2) is 0 Å². The first-order valence-corrected chi connectivity index (χ1v) is 9.15. The van der Waals surface area contributed by atoms with Crippen molar-refractivity contribution in [3.63, 3.8) is 0 Å². The van der Waals surface area contributed by atoms with E-state index in [1.54, 1.807) is 6.92 Å². The van der Waals surface area contributed by atoms with Gasteiger partial charge >= 0.3 is 11.9 Å². The molecule has 3 aromatic rings. The first-order valence-electron chi connectivity index (χ1n) is 8.33. The van der Waals surface area contributed by atoms with E-state index >= 15 is 0 Å². The lowest BCUT2D eigenvalue weighted by atomic mass is 10.1. The van der Waals surface area contributed by atoms with Crippen LogP contribution >= 0.6 is 11.3 Å². The standard InChI is InChI=1S/C19H18N2O5S/c1-11-14-17(27-15(11)19(24)25)20-16(12-7-4-3-5-8-12)21(18(14)23)10-6-9-13(22)26-2/h3-5,7-8H,6,9-10H2,1-2H3,(H,24,25). The zero-order valence-corrected chi connectivity index (χ0v) is 15.7. The largest absolute Gasteiger partial charge is 0.477 e. The maximum Gasteiger partial charge on any atom is 0.346 e. The maximum atomic E-state index is 13.1. The summed E-state index contributed by atoms with van der Waals surface area (Å²) in [6, 6.07) is 9.21. The normalized spacial score (nSPS) is 10.9. The van der Waals surface area contributed by atoms with E-state index in [1.165, 1.54) is 11.7 Å². The second kappa shape index (κ2) is 7.71. The molecule has 27 heavy (non-hydrogen) atoms. The van der Waals surface area contributed by atoms with Crippen LogP contribution in [0.25, 0.3) is 21.6 Å². The summed E-state index contributed by atoms with van der Waals surface area (Å²) in [5.41, 5.74) is 0.865. The van der Waals surface area contributed by atoms with Gasteiger partial charge in [0.2, 0.25) is 0 Å². The highest BCUT2D eigenvalue weighted by Gasteiger charge is 2.21. The van der Waals surface area contributed by atoms with E-state index < -0.39 is 5.97 Å². The molecule has 2 heterocycles. The fraction of sp³-hybridized carbons (Fsp3) is 0.263. The Balaban J connectivity index is 2.18. The van der Waals surface area contributed by atoms with E-state index in [4.69, 9.17) is 0 Å². The number of ether oxygens (including phenoxy) is 1. The van der Waals surface area contributed by atoms with E-state index in [1.807, 2.05) is 30.3 Å². The van der Waals surface area contributed by atoms with Crippen LogP contribution in [-0.2, 0) is 16.1 Å². The summed E-state index contributed by atoms with van der Waals surface area (Å²) in [5, 5.41) is 9.68. The zero-order valence-electron chi connectivity index (χ0n) is 14.9. The van der Waals surface area contributed by atoms with Gasteiger partial charge in [-0.15, -0.1) is 11.3 Å². The summed E-state index contributed by atoms with van der Waals surface area (Å²) in [4.78, 5) is 41.1. The minimum absolute atomic E-state index is 0.112. The van der Waals surface area contributed by atoms with Crippen molar-refractivity contribution in [2.75, 3.05) is 7.11 Å². The fourth-order valence-corrected chi connectivity index (χ4v) is 3.93. The number of thiophene rings is 1. The molecular formula is C19H18N2O5S. The van der Waals surface area contributed by atoms with Gasteiger partial charge in [-0.1, -0.05) is 30.3 Å². The molecule has 0 fully saturated rings. The number of rotatable bonds is 6. The molecule has 0 bridgehead atoms. The Morgan fingerprint density at radius 3 is 2.59 bits per heavy atom. The van der Waals surface area contributed by atoms with Gasteiger partial charge in [0, 0.05) is 18.5 Å². The molecule has 0 unspecified atom stereocenters. The topological polar surface area (TPSA) is 98.5 Å². The van der Waals surface area contributed by atoms with Crippen molar-refractivity contribution < 1.29 is 19.4 Å². The minimum atomic E-state index is -1.08. The number of aryl methyl sites for hydroxylation is 1. The number of carboxylic acids is 1. The van der Waals surface area contributed by atoms with Gasteiger partial charge in [-0.05, 0) is 18.9 Å². The van der Waals surface area contributed by atoms with Gasteiger partial charge < -0.3 is 9.84 Å². The molecule has 0 radical (unpaired) electrons. The molecule has 0 aliphatic carbocycles. The first-order chi connectivity index (χ1) is 12.9. The third-order valence-corrected chi connectivity index (χ3v) is 5.44. The molecule has 3 rings (SSSR count). The predicted octanol–water partition coefficient (Wildman–Crippen LogP) is 3.08. The number of nitrogens with zero attached hydrogens (tertiary/aromatic N) is 2. The first kappa shape index (κ1) is 18.8. The molecule has 0 saturated heterocycles. The van der Waals surface area contributed by atoms with Gasteiger partial charge in [-0.2, -0.15) is 0 Å². The second-order valence-corrected chi connectivity index (χ2v) is 6.98. The minimum Gasteiger partial charge on any atom is -0.477 e. The molecule has 0 spiro atoms. The molecule has 0 amide bonds. The lowest BCUT2D eigenvalue weighted by Gasteiger charge is -2.12. The molecule has 1 aromatic carbocycles. The van der Waals surface area contributed by atoms with E-state index in [-0.39, 0.29) is 29.4 Å². The Morgan fingerprint density at radius 2 is 1.96 bits per heavy atom. The average Bonchev–Trinajstić information content (AvgIpc) is 3.00. The van der Waals surface area contributed by atoms with E-state index in [0.717, 1.165) is 16.9 Å². The fourth-order valence-electron chi connectivity index (χ4n) is 2.92. The van der Waals surface area contributed by atoms with Crippen molar-refractivity contribution in [2.45, 2.75) is 26.3 Å². The Bertz CT molecular complexity index is 1070. The van der Waals surface area contributed by atoms with Crippen molar-refractivity contribution in [1.82, 2.24) is 9.55 Å². The van der Waals surface area contributed by atoms with Crippen LogP contribution in [0.5, 0.6) is 0 Å². The van der Waals surface area contributed by atoms with Crippen LogP contribution in [0.3, 0.4) is 0 Å². The number of carbonyl (C=O) groups is 2. The number of aromatic nitrogens is 2. The summed E-state index contributed by atoms with van der Waals surface area (Å²) in [7, 11) is 1.32. The molecule has 1 N–H and O–H groups in total. The number of aromatic carboxylic acids is 1. The molecule has 0 saturated carbocycles. The smallest absolute Gasteiger partial charge is 0.346 e. The number of esters is 1. The number of carboxylic acid groups (broad SMARTS) is 1. The highest BCUT2D eigenvalue weighted by atomic mass is 32.1. The Hall–Kier alpha value is -3.00. The number of carbonyl (C=O) groups excluding carboxylic acids is 1. The van der Waals surface area contributed by atoms with Crippen LogP contribution in [0.15, 0.2) is 35.1 Å². The van der Waals surface area contributed by atoms with Crippen LogP contribution in [-0.4, -0.2) is 33.7 Å². The van der Waals surface area contributed by atoms with Crippen LogP contribution in [0.2, 0.25) is 0 Å². The Labute approximate surface area is 158 Å². The highest BCUT2D eigenvalue weighted by molar-refractivity contribution is 7.20. The van der Waals surface area contributed by atoms with Crippen molar-refractivity contribution >= 4 is 33.5 Å². The zero-order chi connectivity index (χ0) is 19.6. The Kier molecular flexibility index (Phi) is 5.36. The average molecular weight is 386 g/mol. The summed E-state index contributed by atoms with van der Waals surface area (Å²) >= 11 is 0.998. The van der Waals surface area contributed by atoms with Gasteiger partial charge in [0.05, 0.1) is 12.5 Å². The van der Waals surface area contributed by atoms with Crippen molar-refractivity contribution in [1.29, 1.82) is 0 Å². The quantitative estimate of drug-likeness (QED) is 0.654. The SMILES string of the molecule is COC(=O)CCCn1c(-c2ccccc2)nc2sc(C(=O)O)c(C)c2c1=O. The third kappa shape index (κ3) is 3.61. The van der Waals surface area contributed by atoms with Crippen molar-refractivity contribution in [2.24, 2.45) is 0 Å². The lowest BCUT2D eigenvalue weighted by Crippen LogP contribution is -2.24. The second-order valence-electron chi connectivity index (χ2n) is 5.98. The van der Waals surface area contributed by atoms with Crippen molar-refractivity contribution in [3.05, 3.63) is 51.1 Å². The molecule has 0 atom stereocenters. The summed E-state index contributed by atoms with van der Waals surface area (Å²) in [6.45, 7) is 1.89. The van der Waals surface area contributed by atoms with Crippen LogP contribution < -0.4 is 5.56 Å². The van der Waals surface area contributed by atoms with E-state index in [2.05, 4.69) is 9.72 Å². The summed E-state index contributed by atoms with van der Waals surface area (Å²) in [5.74, 6) is -0.970. The molecule has 2 aromatic heterocycles. The molecule has 140 valence electrons. The van der Waals surface area contributed by atoms with E-state index in [0.29, 0.717) is 28.0 Å². The van der Waals surface area contributed by atoms with Crippen molar-refractivity contribution in [3.8, 4) is 11.4 Å². The third-order valence-electron chi connectivity index (χ3n) is 4.27. The number of hydrogen-bond acceptors (Lipinski definition) is 6. The van der Waals surface area contributed by atoms with Crippen LogP contribution in [0.4, 0.5) is 0 Å². The molecule has 7 nitrogen and oxygen atoms in total. The molecular weight excluding hydrogens is 368 g/mol. The van der Waals surface area contributed by atoms with Crippen LogP contribution in [0.1, 0.15) is 28.1 Å². The lowest BCUT2D eigenvalue weighted by molar-refractivity contribution is -0.140. The monoisotopic (exact) mass is 386 g/mol. The maximum absolute atomic E-state index is 13.1. The molecule has 0 aliphatic rings. The number of benzene rings is 1. The predicted molar refractivity (Wildman–Crippen MR) is 102 cm³/mol. The van der Waals surface area contributed by atoms with Crippen LogP contribution in [0, 0.1) is 6.92 Å². The summed E-state index contributed by atoms with van der Waals surface area (Å²) < 4.78 is 6.15. The van der Waals surface area contributed by atoms with Gasteiger partial charge in [0.1, 0.15) is 15.5 Å². The number of hydrogen-bond donors (Lipinski definition) is 1. The van der Waals surface area contributed by atoms with Gasteiger partial charge in [-0.25, -0.2) is 9.78 Å². The van der Waals surface area contributed by atoms with E-state index in [9.17, 15) is 19.5 Å². The van der Waals surface area contributed by atoms with Gasteiger partial charge in [-0.3, -0.25) is 14.2 Å². The molecule has 8 heteroatoms. The summed E-state index contributed by atoms with van der Waals surface area (Å²) in [6.07, 6.45) is 0.590. The Morgan fingerprint density at radius 1 is 1.26 bits per heavy atom. The van der Waals surface area contributed by atoms with Gasteiger partial charge in [0.25, 0.3) is 5.56 Å². The molecule has 0 aliphatic heterocycles.